The van der Waals surface area contributed by atoms with E-state index >= 15 is 0 Å². The number of imidazole rings is 1. The molecular formula is C26H38N6O3. The lowest BCUT2D eigenvalue weighted by molar-refractivity contribution is 0.126. The Hall–Kier alpha value is -3.20. The third-order valence-electron chi connectivity index (χ3n) is 5.50. The molecule has 1 aromatic carbocycles. The number of aliphatic imine (C=N–C) groups is 1. The second-order valence-corrected chi connectivity index (χ2v) is 8.80. The predicted octanol–water partition coefficient (Wildman–Crippen LogP) is 5.24. The number of fused-ring (bicyclic) bond motifs is 3. The van der Waals surface area contributed by atoms with Crippen molar-refractivity contribution in [1.82, 2.24) is 19.9 Å². The van der Waals surface area contributed by atoms with Gasteiger partial charge in [0, 0.05) is 30.8 Å². The van der Waals surface area contributed by atoms with Gasteiger partial charge in [-0.25, -0.2) is 19.8 Å². The maximum atomic E-state index is 11.5. The molecule has 0 spiro atoms. The van der Waals surface area contributed by atoms with Crippen molar-refractivity contribution in [2.75, 3.05) is 18.9 Å². The first kappa shape index (κ1) is 26.4. The molecule has 3 aromatic rings. The van der Waals surface area contributed by atoms with Gasteiger partial charge in [-0.05, 0) is 71.1 Å². The molecule has 0 bridgehead atoms. The smallest absolute Gasteiger partial charge is 0.340 e. The number of nitrogens with zero attached hydrogens (tertiary/aromatic N) is 4. The van der Waals surface area contributed by atoms with Crippen LogP contribution in [0.3, 0.4) is 0 Å². The van der Waals surface area contributed by atoms with Crippen molar-refractivity contribution in [3.63, 3.8) is 0 Å². The summed E-state index contributed by atoms with van der Waals surface area (Å²) in [5.41, 5.74) is 8.78. The van der Waals surface area contributed by atoms with Crippen molar-refractivity contribution >= 4 is 40.0 Å². The lowest BCUT2D eigenvalue weighted by Crippen LogP contribution is -2.27. The van der Waals surface area contributed by atoms with E-state index in [1.807, 2.05) is 39.0 Å². The van der Waals surface area contributed by atoms with Gasteiger partial charge in [-0.3, -0.25) is 0 Å². The molecule has 0 atom stereocenters. The predicted molar refractivity (Wildman–Crippen MR) is 141 cm³/mol. The number of ether oxygens (including phenoxy) is 2. The number of amides is 2. The van der Waals surface area contributed by atoms with Crippen molar-refractivity contribution in [2.45, 2.75) is 79.0 Å². The minimum atomic E-state index is -0.282. The van der Waals surface area contributed by atoms with Crippen LogP contribution in [0.5, 0.6) is 5.75 Å². The second kappa shape index (κ2) is 13.0. The Morgan fingerprint density at radius 2 is 2.06 bits per heavy atom. The highest BCUT2D eigenvalue weighted by Gasteiger charge is 2.17. The van der Waals surface area contributed by atoms with E-state index in [2.05, 4.69) is 26.8 Å². The summed E-state index contributed by atoms with van der Waals surface area (Å²) < 4.78 is 13.9. The van der Waals surface area contributed by atoms with Crippen LogP contribution in [0.25, 0.3) is 21.9 Å². The zero-order valence-electron chi connectivity index (χ0n) is 21.3. The third kappa shape index (κ3) is 7.14. The fourth-order valence-corrected chi connectivity index (χ4v) is 3.93. The fraction of sp³-hybridized carbons (Fsp3) is 0.538. The molecule has 3 rings (SSSR count). The molecule has 0 saturated heterocycles. The van der Waals surface area contributed by atoms with E-state index in [1.54, 1.807) is 6.21 Å². The van der Waals surface area contributed by atoms with Crippen molar-refractivity contribution in [1.29, 1.82) is 0 Å². The number of rotatable bonds is 13. The van der Waals surface area contributed by atoms with E-state index in [4.69, 9.17) is 20.2 Å². The molecule has 2 aromatic heterocycles. The van der Waals surface area contributed by atoms with E-state index in [1.165, 1.54) is 0 Å². The van der Waals surface area contributed by atoms with Gasteiger partial charge in [0.05, 0.1) is 17.6 Å². The molecule has 35 heavy (non-hydrogen) atoms. The first-order chi connectivity index (χ1) is 16.9. The first-order valence-corrected chi connectivity index (χ1v) is 12.6. The van der Waals surface area contributed by atoms with Gasteiger partial charge in [0.15, 0.2) is 5.82 Å². The van der Waals surface area contributed by atoms with Gasteiger partial charge < -0.3 is 25.1 Å². The van der Waals surface area contributed by atoms with Crippen LogP contribution in [0, 0.1) is 0 Å². The monoisotopic (exact) mass is 482 g/mol. The van der Waals surface area contributed by atoms with Gasteiger partial charge in [-0.1, -0.05) is 6.92 Å². The molecule has 9 heteroatoms. The highest BCUT2D eigenvalue weighted by molar-refractivity contribution is 6.07. The van der Waals surface area contributed by atoms with Crippen LogP contribution >= 0.6 is 0 Å². The van der Waals surface area contributed by atoms with Crippen molar-refractivity contribution < 1.29 is 14.3 Å². The maximum Gasteiger partial charge on any atom is 0.340 e. The van der Waals surface area contributed by atoms with Gasteiger partial charge in [0.2, 0.25) is 0 Å². The summed E-state index contributed by atoms with van der Waals surface area (Å²) in [6, 6.07) is 5.73. The molecule has 0 unspecified atom stereocenters. The van der Waals surface area contributed by atoms with E-state index in [9.17, 15) is 4.79 Å². The maximum absolute atomic E-state index is 11.5. The number of carbonyl (C=O) groups is 1. The number of urea groups is 1. The van der Waals surface area contributed by atoms with Crippen molar-refractivity contribution in [3.8, 4) is 5.75 Å². The normalized spacial score (nSPS) is 11.8. The lowest BCUT2D eigenvalue weighted by atomic mass is 10.1. The molecule has 2 heterocycles. The summed E-state index contributed by atoms with van der Waals surface area (Å²) in [7, 11) is 0. The molecule has 0 saturated carbocycles. The molecule has 2 amide bonds. The van der Waals surface area contributed by atoms with Crippen LogP contribution in [0.1, 0.15) is 65.6 Å². The van der Waals surface area contributed by atoms with Crippen LogP contribution < -0.4 is 15.8 Å². The molecule has 0 aliphatic carbocycles. The van der Waals surface area contributed by atoms with Crippen LogP contribution in [-0.4, -0.2) is 46.0 Å². The summed E-state index contributed by atoms with van der Waals surface area (Å²) in [4.78, 5) is 24.7. The number of anilines is 1. The number of nitrogen functional groups attached to an aromatic ring is 1. The quantitative estimate of drug-likeness (QED) is 0.254. The fourth-order valence-electron chi connectivity index (χ4n) is 3.93. The standard InChI is InChI=1S/C26H38N6O3/c1-5-14-32-22(17-34-6-2)31-23-24(32)20-16-19(11-12-21(20)30-25(23)27)35-15-10-8-7-9-13-28-26(33)29-18(3)4/h11-13,16,18H,5-10,14-15,17H2,1-4H3,(H2,27,30)(H,29,33). The number of pyridine rings is 1. The molecule has 9 nitrogen and oxygen atoms in total. The highest BCUT2D eigenvalue weighted by atomic mass is 16.5. The van der Waals surface area contributed by atoms with E-state index in [-0.39, 0.29) is 12.1 Å². The number of unbranched alkanes of at least 4 members (excludes halogenated alkanes) is 3. The lowest BCUT2D eigenvalue weighted by Gasteiger charge is -2.11. The van der Waals surface area contributed by atoms with Gasteiger partial charge in [-0.2, -0.15) is 0 Å². The SMILES string of the molecule is CCCn1c(COCC)nc2c(N)nc3ccc(OCCCCCC=NC(=O)NC(C)C)cc3c21. The first-order valence-electron chi connectivity index (χ1n) is 12.6. The summed E-state index contributed by atoms with van der Waals surface area (Å²) in [5.74, 6) is 2.09. The van der Waals surface area contributed by atoms with Crippen LogP contribution in [0.15, 0.2) is 23.2 Å². The van der Waals surface area contributed by atoms with Gasteiger partial charge in [0.1, 0.15) is 23.7 Å². The molecule has 0 aliphatic heterocycles. The van der Waals surface area contributed by atoms with Crippen LogP contribution in [0.2, 0.25) is 0 Å². The summed E-state index contributed by atoms with van der Waals surface area (Å²) in [6.45, 7) is 10.5. The Labute approximate surface area is 207 Å². The molecular weight excluding hydrogens is 444 g/mol. The van der Waals surface area contributed by atoms with Gasteiger partial charge in [-0.15, -0.1) is 0 Å². The number of carbonyl (C=O) groups excluding carboxylic acids is 1. The summed E-state index contributed by atoms with van der Waals surface area (Å²) in [5, 5.41) is 3.72. The number of hydrogen-bond acceptors (Lipinski definition) is 6. The number of hydrogen-bond donors (Lipinski definition) is 2. The number of aryl methyl sites for hydroxylation is 1. The van der Waals surface area contributed by atoms with Gasteiger partial charge >= 0.3 is 6.03 Å². The Morgan fingerprint density at radius 3 is 2.80 bits per heavy atom. The van der Waals surface area contributed by atoms with E-state index in [0.29, 0.717) is 31.2 Å². The summed E-state index contributed by atoms with van der Waals surface area (Å²) in [6.07, 6.45) is 6.31. The third-order valence-corrected chi connectivity index (χ3v) is 5.50. The summed E-state index contributed by atoms with van der Waals surface area (Å²) >= 11 is 0. The highest BCUT2D eigenvalue weighted by Crippen LogP contribution is 2.31. The molecule has 0 fully saturated rings. The Morgan fingerprint density at radius 1 is 1.23 bits per heavy atom. The minimum absolute atomic E-state index is 0.0977. The zero-order chi connectivity index (χ0) is 25.2. The molecule has 3 N–H and O–H groups in total. The average molecular weight is 483 g/mol. The number of aromatic nitrogens is 3. The van der Waals surface area contributed by atoms with Gasteiger partial charge in [0.25, 0.3) is 0 Å². The molecule has 0 radical (unpaired) electrons. The zero-order valence-corrected chi connectivity index (χ0v) is 21.3. The van der Waals surface area contributed by atoms with E-state index in [0.717, 1.165) is 66.6 Å². The number of nitrogens with one attached hydrogen (secondary N) is 1. The molecule has 190 valence electrons. The minimum Gasteiger partial charge on any atom is -0.494 e. The largest absolute Gasteiger partial charge is 0.494 e. The number of nitrogens with two attached hydrogens (primary N) is 1. The Bertz CT molecular complexity index is 1160. The topological polar surface area (TPSA) is 117 Å². The molecule has 0 aliphatic rings. The van der Waals surface area contributed by atoms with Crippen molar-refractivity contribution in [2.24, 2.45) is 4.99 Å². The second-order valence-electron chi connectivity index (χ2n) is 8.80. The van der Waals surface area contributed by atoms with Crippen LogP contribution in [0.4, 0.5) is 10.6 Å². The van der Waals surface area contributed by atoms with E-state index < -0.39 is 0 Å². The number of benzene rings is 1. The van der Waals surface area contributed by atoms with Crippen molar-refractivity contribution in [3.05, 3.63) is 24.0 Å². The average Bonchev–Trinajstić information content (AvgIpc) is 3.18. The Kier molecular flexibility index (Phi) is 9.84. The Balaban J connectivity index is 1.64. The van der Waals surface area contributed by atoms with Crippen LogP contribution in [-0.2, 0) is 17.9 Å².